The highest BCUT2D eigenvalue weighted by molar-refractivity contribution is 7.91. The second-order valence-electron chi connectivity index (χ2n) is 5.87. The van der Waals surface area contributed by atoms with Gasteiger partial charge in [0.1, 0.15) is 5.52 Å². The van der Waals surface area contributed by atoms with E-state index >= 15 is 0 Å². The largest absolute Gasteiger partial charge is 0.436 e. The number of aromatic nitrogens is 1. The van der Waals surface area contributed by atoms with Crippen molar-refractivity contribution in [1.82, 2.24) is 4.98 Å². The second-order valence-corrected chi connectivity index (χ2v) is 7.82. The minimum atomic E-state index is -3.59. The fourth-order valence-electron chi connectivity index (χ4n) is 2.72. The maximum Gasteiger partial charge on any atom is 0.227 e. The van der Waals surface area contributed by atoms with Crippen LogP contribution >= 0.6 is 0 Å². The molecule has 0 saturated heterocycles. The summed E-state index contributed by atoms with van der Waals surface area (Å²) in [5, 5.41) is 0. The van der Waals surface area contributed by atoms with E-state index in [0.717, 1.165) is 11.1 Å². The van der Waals surface area contributed by atoms with Crippen LogP contribution in [0.2, 0.25) is 0 Å². The van der Waals surface area contributed by atoms with Gasteiger partial charge in [-0.3, -0.25) is 0 Å². The SMILES string of the molecule is NCc1ccc(-c2nc3cc(S(=O)(=O)c4ccccc4)ccc3o2)cc1. The number of hydrogen-bond donors (Lipinski definition) is 1. The fraction of sp³-hybridized carbons (Fsp3) is 0.0500. The summed E-state index contributed by atoms with van der Waals surface area (Å²) < 4.78 is 31.3. The molecule has 0 aliphatic carbocycles. The van der Waals surface area contributed by atoms with Gasteiger partial charge in [-0.2, -0.15) is 0 Å². The van der Waals surface area contributed by atoms with Crippen molar-refractivity contribution in [3.8, 4) is 11.5 Å². The molecule has 5 nitrogen and oxygen atoms in total. The lowest BCUT2D eigenvalue weighted by molar-refractivity contribution is 0.596. The van der Waals surface area contributed by atoms with Crippen LogP contribution in [0.25, 0.3) is 22.6 Å². The Balaban J connectivity index is 1.76. The topological polar surface area (TPSA) is 86.2 Å². The Morgan fingerprint density at radius 2 is 1.62 bits per heavy atom. The predicted octanol–water partition coefficient (Wildman–Crippen LogP) is 3.79. The first-order chi connectivity index (χ1) is 12.6. The number of benzene rings is 3. The summed E-state index contributed by atoms with van der Waals surface area (Å²) in [4.78, 5) is 4.88. The number of sulfone groups is 1. The van der Waals surface area contributed by atoms with E-state index in [9.17, 15) is 8.42 Å². The molecule has 0 fully saturated rings. The number of nitrogens with two attached hydrogens (primary N) is 1. The van der Waals surface area contributed by atoms with Crippen LogP contribution in [0.4, 0.5) is 0 Å². The zero-order chi connectivity index (χ0) is 18.1. The first-order valence-corrected chi connectivity index (χ1v) is 9.56. The highest BCUT2D eigenvalue weighted by Crippen LogP contribution is 2.28. The van der Waals surface area contributed by atoms with Crippen molar-refractivity contribution in [1.29, 1.82) is 0 Å². The van der Waals surface area contributed by atoms with E-state index in [0.29, 0.717) is 23.5 Å². The first-order valence-electron chi connectivity index (χ1n) is 8.08. The van der Waals surface area contributed by atoms with E-state index in [1.54, 1.807) is 42.5 Å². The molecule has 6 heteroatoms. The van der Waals surface area contributed by atoms with Gasteiger partial charge in [-0.05, 0) is 48.0 Å². The standard InChI is InChI=1S/C20H16N2O3S/c21-13-14-6-8-15(9-7-14)20-22-18-12-17(10-11-19(18)25-20)26(23,24)16-4-2-1-3-5-16/h1-12H,13,21H2. The van der Waals surface area contributed by atoms with Crippen molar-refractivity contribution in [2.24, 2.45) is 5.73 Å². The van der Waals surface area contributed by atoms with Crippen molar-refractivity contribution < 1.29 is 12.8 Å². The monoisotopic (exact) mass is 364 g/mol. The van der Waals surface area contributed by atoms with Crippen LogP contribution in [0.15, 0.2) is 87.0 Å². The quantitative estimate of drug-likeness (QED) is 0.595. The molecule has 0 spiro atoms. The Morgan fingerprint density at radius 3 is 2.31 bits per heavy atom. The molecule has 0 unspecified atom stereocenters. The molecule has 0 amide bonds. The Morgan fingerprint density at radius 1 is 0.885 bits per heavy atom. The van der Waals surface area contributed by atoms with Crippen LogP contribution in [0, 0.1) is 0 Å². The number of rotatable bonds is 4. The van der Waals surface area contributed by atoms with Crippen LogP contribution in [0.3, 0.4) is 0 Å². The molecule has 1 aromatic heterocycles. The molecular weight excluding hydrogens is 348 g/mol. The number of hydrogen-bond acceptors (Lipinski definition) is 5. The van der Waals surface area contributed by atoms with Gasteiger partial charge in [-0.1, -0.05) is 30.3 Å². The third-order valence-corrected chi connectivity index (χ3v) is 5.93. The second kappa shape index (κ2) is 6.40. The van der Waals surface area contributed by atoms with E-state index < -0.39 is 9.84 Å². The first kappa shape index (κ1) is 16.5. The summed E-state index contributed by atoms with van der Waals surface area (Å²) >= 11 is 0. The molecular formula is C20H16N2O3S. The minimum Gasteiger partial charge on any atom is -0.436 e. The molecule has 0 bridgehead atoms. The van der Waals surface area contributed by atoms with Gasteiger partial charge in [-0.15, -0.1) is 0 Å². The summed E-state index contributed by atoms with van der Waals surface area (Å²) in [5.74, 6) is 0.442. The Hall–Kier alpha value is -2.96. The molecule has 3 aromatic carbocycles. The van der Waals surface area contributed by atoms with Gasteiger partial charge < -0.3 is 10.2 Å². The molecule has 2 N–H and O–H groups in total. The van der Waals surface area contributed by atoms with E-state index in [2.05, 4.69) is 4.98 Å². The van der Waals surface area contributed by atoms with Gasteiger partial charge >= 0.3 is 0 Å². The van der Waals surface area contributed by atoms with E-state index in [1.807, 2.05) is 24.3 Å². The minimum absolute atomic E-state index is 0.189. The van der Waals surface area contributed by atoms with Gasteiger partial charge in [-0.25, -0.2) is 13.4 Å². The Kier molecular flexibility index (Phi) is 4.06. The van der Waals surface area contributed by atoms with Gasteiger partial charge in [0.05, 0.1) is 9.79 Å². The summed E-state index contributed by atoms with van der Waals surface area (Å²) in [7, 11) is -3.59. The van der Waals surface area contributed by atoms with E-state index in [-0.39, 0.29) is 9.79 Å². The molecule has 0 saturated carbocycles. The molecule has 1 heterocycles. The van der Waals surface area contributed by atoms with Crippen LogP contribution in [-0.2, 0) is 16.4 Å². The van der Waals surface area contributed by atoms with Crippen molar-refractivity contribution in [3.05, 3.63) is 78.4 Å². The highest BCUT2D eigenvalue weighted by atomic mass is 32.2. The molecule has 0 atom stereocenters. The van der Waals surface area contributed by atoms with Crippen molar-refractivity contribution >= 4 is 20.9 Å². The summed E-state index contributed by atoms with van der Waals surface area (Å²) in [6.45, 7) is 0.467. The predicted molar refractivity (Wildman–Crippen MR) is 99.2 cm³/mol. The van der Waals surface area contributed by atoms with Gasteiger partial charge in [0.25, 0.3) is 0 Å². The Labute approximate surface area is 151 Å². The normalized spacial score (nSPS) is 11.7. The fourth-order valence-corrected chi connectivity index (χ4v) is 4.02. The average Bonchev–Trinajstić information content (AvgIpc) is 3.12. The number of oxazole rings is 1. The van der Waals surface area contributed by atoms with E-state index in [4.69, 9.17) is 10.2 Å². The van der Waals surface area contributed by atoms with Crippen molar-refractivity contribution in [2.75, 3.05) is 0 Å². The van der Waals surface area contributed by atoms with Crippen LogP contribution in [-0.4, -0.2) is 13.4 Å². The van der Waals surface area contributed by atoms with Crippen molar-refractivity contribution in [3.63, 3.8) is 0 Å². The van der Waals surface area contributed by atoms with Gasteiger partial charge in [0.15, 0.2) is 5.58 Å². The number of nitrogens with zero attached hydrogens (tertiary/aromatic N) is 1. The molecule has 0 radical (unpaired) electrons. The third-order valence-electron chi connectivity index (χ3n) is 4.16. The Bertz CT molecular complexity index is 1160. The van der Waals surface area contributed by atoms with Gasteiger partial charge in [0, 0.05) is 12.1 Å². The molecule has 26 heavy (non-hydrogen) atoms. The lowest BCUT2D eigenvalue weighted by Gasteiger charge is -2.03. The van der Waals surface area contributed by atoms with Crippen molar-refractivity contribution in [2.45, 2.75) is 16.3 Å². The van der Waals surface area contributed by atoms with E-state index in [1.165, 1.54) is 6.07 Å². The van der Waals surface area contributed by atoms with Crippen LogP contribution < -0.4 is 5.73 Å². The number of fused-ring (bicyclic) bond motifs is 1. The summed E-state index contributed by atoms with van der Waals surface area (Å²) in [6, 6.07) is 20.6. The summed E-state index contributed by atoms with van der Waals surface area (Å²) in [5.41, 5.74) is 8.47. The molecule has 0 aliphatic heterocycles. The lowest BCUT2D eigenvalue weighted by atomic mass is 10.1. The zero-order valence-corrected chi connectivity index (χ0v) is 14.6. The zero-order valence-electron chi connectivity index (χ0n) is 13.8. The summed E-state index contributed by atoms with van der Waals surface area (Å²) in [6.07, 6.45) is 0. The average molecular weight is 364 g/mol. The molecule has 0 aliphatic rings. The van der Waals surface area contributed by atoms with Gasteiger partial charge in [0.2, 0.25) is 15.7 Å². The molecule has 130 valence electrons. The maximum atomic E-state index is 12.8. The van der Waals surface area contributed by atoms with Crippen LogP contribution in [0.5, 0.6) is 0 Å². The maximum absolute atomic E-state index is 12.8. The highest BCUT2D eigenvalue weighted by Gasteiger charge is 2.19. The van der Waals surface area contributed by atoms with Crippen LogP contribution in [0.1, 0.15) is 5.56 Å². The molecule has 4 aromatic rings. The third kappa shape index (κ3) is 2.89. The smallest absolute Gasteiger partial charge is 0.227 e. The molecule has 4 rings (SSSR count). The lowest BCUT2D eigenvalue weighted by Crippen LogP contribution is -2.01.